The Morgan fingerprint density at radius 3 is 0.633 bits per heavy atom. The lowest BCUT2D eigenvalue weighted by Gasteiger charge is -2.37. The Kier molecular flexibility index (Phi) is 31.5. The molecule has 0 fully saturated rings. The fourth-order valence-electron chi connectivity index (χ4n) is 19.1. The fraction of sp³-hybridized carbons (Fsp3) is 0.500. The van der Waals surface area contributed by atoms with E-state index in [0.29, 0.717) is 68.1 Å². The van der Waals surface area contributed by atoms with E-state index in [2.05, 4.69) is 100 Å². The summed E-state index contributed by atoms with van der Waals surface area (Å²) in [4.78, 5) is 21.6. The van der Waals surface area contributed by atoms with Gasteiger partial charge in [0.15, 0.2) is 0 Å². The highest BCUT2D eigenvalue weighted by molar-refractivity contribution is 8.14. The molecule has 15 rings (SSSR count). The number of nitrogens with zero attached hydrogens (tertiary/aromatic N) is 4. The van der Waals surface area contributed by atoms with E-state index in [-0.39, 0.29) is 47.2 Å². The third-order valence-corrected chi connectivity index (χ3v) is 31.6. The van der Waals surface area contributed by atoms with Crippen molar-refractivity contribution >= 4 is 69.3 Å². The van der Waals surface area contributed by atoms with Crippen molar-refractivity contribution in [2.24, 2.45) is 0 Å². The number of rotatable bonds is 46. The van der Waals surface area contributed by atoms with Gasteiger partial charge in [0.1, 0.15) is 46.0 Å². The van der Waals surface area contributed by atoms with Crippen LogP contribution in [0.25, 0.3) is 22.1 Å². The summed E-state index contributed by atoms with van der Waals surface area (Å²) >= 11 is 14.4. The van der Waals surface area contributed by atoms with Crippen molar-refractivity contribution in [2.75, 3.05) is 0 Å². The normalized spacial score (nSPS) is 18.3. The van der Waals surface area contributed by atoms with E-state index >= 15 is 0 Å². The molecule has 5 aliphatic rings. The summed E-state index contributed by atoms with van der Waals surface area (Å²) in [5.74, 6) is 4.67. The van der Waals surface area contributed by atoms with E-state index < -0.39 is 13.0 Å². The number of fused-ring (bicyclic) bond motifs is 4. The Bertz CT molecular complexity index is 4820. The minimum Gasteiger partial charge on any atom is -0.434 e. The summed E-state index contributed by atoms with van der Waals surface area (Å²) in [6, 6.07) is 54.9. The molecule has 120 heavy (non-hydrogen) atoms. The maximum absolute atomic E-state index is 7.86. The molecule has 2 aromatic heterocycles. The fourth-order valence-corrected chi connectivity index (χ4v) is 24.0. The van der Waals surface area contributed by atoms with Crippen molar-refractivity contribution in [2.45, 2.75) is 334 Å². The second kappa shape index (κ2) is 43.5. The minimum atomic E-state index is -3.60. The third kappa shape index (κ3) is 21.7. The van der Waals surface area contributed by atoms with Crippen molar-refractivity contribution in [3.8, 4) is 69.5 Å². The van der Waals surface area contributed by atoms with Gasteiger partial charge in [-0.2, -0.15) is 0 Å². The Morgan fingerprint density at radius 2 is 0.408 bits per heavy atom. The Balaban J connectivity index is 1.01. The van der Waals surface area contributed by atoms with Gasteiger partial charge in [0.2, 0.25) is 0 Å². The smallest absolute Gasteiger partial charge is 0.319 e. The molecule has 0 spiro atoms. The van der Waals surface area contributed by atoms with Crippen molar-refractivity contribution < 1.29 is 37.0 Å². The second-order valence-corrected chi connectivity index (χ2v) is 41.5. The number of para-hydroxylation sites is 4. The summed E-state index contributed by atoms with van der Waals surface area (Å²) < 4.78 is 62.1. The predicted molar refractivity (Wildman–Crippen MR) is 502 cm³/mol. The molecule has 6 atom stereocenters. The van der Waals surface area contributed by atoms with Crippen LogP contribution in [0.1, 0.15) is 378 Å². The van der Waals surface area contributed by atoms with Gasteiger partial charge in [-0.1, -0.05) is 345 Å². The SMILES string of the molecule is CCCCCCCCCCCCC1c2cc3c4cc2Oc2nc5ccccc5nc2Oc2cc5c(cc21)C(CCCCCCCCCCCC)c1cc2c(cc1OP(=S)(c1ccccc1)O5)OP(=S)(c1ccccc1)Oc1cc(c(cc1C2CCCCCCCCCCCC)C3CCCCCCCCCCCC)Oc1nc2ccccc2nc1O4. The molecule has 0 N–H and O–H groups in total. The Morgan fingerprint density at radius 1 is 0.225 bits per heavy atom. The lowest BCUT2D eigenvalue weighted by Crippen LogP contribution is -2.22. The van der Waals surface area contributed by atoms with E-state index in [1.807, 2.05) is 84.9 Å². The molecule has 8 aromatic carbocycles. The topological polar surface area (TPSA) is 125 Å². The summed E-state index contributed by atoms with van der Waals surface area (Å²) in [5.41, 5.74) is 10.9. The molecule has 1 aliphatic carbocycles. The quantitative estimate of drug-likeness (QED) is 0.0265. The summed E-state index contributed by atoms with van der Waals surface area (Å²) in [6.45, 7) is 2.00. The average molecular weight is 1690 g/mol. The molecule has 6 heterocycles. The van der Waals surface area contributed by atoms with E-state index in [9.17, 15) is 0 Å². The standard InChI is InChI=1S/C104H130N4O8P2S2/c1-5-9-13-17-21-25-29-33-37-47-59-77-81-67-82-78(60-48-38-34-30-26-22-18-14-10-6-2)84-69-86-80(62-50-40-36-32-28-24-20-16-12-8-4)88-70-87-79(61-49-39-35-31-27-23-19-15-11-7-3)85-68-83(77)95-72-97(85)113-117(119,75-55-43-41-44-56-75)115-99(87)74-100(88)116-118(120,76-57-45-42-46-58-76)114-98(86)73-96(84)112-104-102(106-90-64-52-54-66-92(90)108-104)110-94(82)71-93(81)109-101-103(111-95)107-91-65-53-51-63-89(91)105-101/h41-46,51-58,63-74,77-80H,5-40,47-50,59-62H2,1-4H3. The monoisotopic (exact) mass is 1690 g/mol. The maximum atomic E-state index is 7.86. The summed E-state index contributed by atoms with van der Waals surface area (Å²) in [5, 5.41) is 1.56. The first-order chi connectivity index (χ1) is 59.1. The third-order valence-electron chi connectivity index (χ3n) is 25.8. The van der Waals surface area contributed by atoms with E-state index in [0.717, 1.165) is 158 Å². The minimum absolute atomic E-state index is 0.229. The molecule has 636 valence electrons. The van der Waals surface area contributed by atoms with Gasteiger partial charge in [-0.3, -0.25) is 0 Å². The summed E-state index contributed by atoms with van der Waals surface area (Å²) in [7, 11) is 0. The van der Waals surface area contributed by atoms with E-state index in [1.54, 1.807) is 0 Å². The van der Waals surface area contributed by atoms with Gasteiger partial charge in [0.05, 0.1) is 32.7 Å². The number of benzene rings is 8. The highest BCUT2D eigenvalue weighted by Crippen LogP contribution is 2.64. The van der Waals surface area contributed by atoms with Crippen molar-refractivity contribution in [3.05, 3.63) is 202 Å². The lowest BCUT2D eigenvalue weighted by atomic mass is 9.76. The van der Waals surface area contributed by atoms with Crippen LogP contribution >= 0.6 is 13.0 Å². The van der Waals surface area contributed by atoms with Crippen LogP contribution in [0.15, 0.2) is 158 Å². The van der Waals surface area contributed by atoms with E-state index in [4.69, 9.17) is 80.6 Å². The molecule has 8 bridgehead atoms. The zero-order valence-corrected chi connectivity index (χ0v) is 75.6. The average Bonchev–Trinajstić information content (AvgIpc) is 1.12. The van der Waals surface area contributed by atoms with Crippen molar-refractivity contribution in [3.63, 3.8) is 0 Å². The molecule has 0 radical (unpaired) electrons. The Hall–Kier alpha value is -7.86. The second-order valence-electron chi connectivity index (χ2n) is 34.9. The Labute approximate surface area is 727 Å². The molecular weight excluding hydrogens is 1560 g/mol. The lowest BCUT2D eigenvalue weighted by molar-refractivity contribution is 0.384. The molecule has 16 heteroatoms. The van der Waals surface area contributed by atoms with Crippen LogP contribution in [0, 0.1) is 0 Å². The summed E-state index contributed by atoms with van der Waals surface area (Å²) in [6.07, 6.45) is 51.5. The number of ether oxygens (including phenoxy) is 4. The van der Waals surface area contributed by atoms with Crippen LogP contribution in [0.3, 0.4) is 0 Å². The zero-order valence-electron chi connectivity index (χ0n) is 72.2. The van der Waals surface area contributed by atoms with Crippen molar-refractivity contribution in [1.29, 1.82) is 0 Å². The molecule has 10 aromatic rings. The number of hydrogen-bond donors (Lipinski definition) is 0. The van der Waals surface area contributed by atoms with Crippen LogP contribution in [0.2, 0.25) is 0 Å². The van der Waals surface area contributed by atoms with Gasteiger partial charge < -0.3 is 37.0 Å². The van der Waals surface area contributed by atoms with Gasteiger partial charge in [-0.15, -0.1) is 0 Å². The molecule has 4 aliphatic heterocycles. The van der Waals surface area contributed by atoms with Crippen LogP contribution in [0.5, 0.6) is 69.5 Å². The zero-order chi connectivity index (χ0) is 82.3. The number of unbranched alkanes of at least 4 members (excludes halogenated alkanes) is 36. The first-order valence-corrected chi connectivity index (χ1v) is 52.4. The molecule has 12 nitrogen and oxygen atoms in total. The van der Waals surface area contributed by atoms with Gasteiger partial charge >= 0.3 is 13.0 Å². The largest absolute Gasteiger partial charge is 0.434 e. The van der Waals surface area contributed by atoms with Crippen LogP contribution in [-0.2, 0) is 23.6 Å². The highest BCUT2D eigenvalue weighted by atomic mass is 32.5. The number of hydrogen-bond acceptors (Lipinski definition) is 14. The predicted octanol–water partition coefficient (Wildman–Crippen LogP) is 32.3. The molecular formula is C104H130N4O8P2S2. The van der Waals surface area contributed by atoms with Gasteiger partial charge in [-0.25, -0.2) is 19.9 Å². The number of aromatic nitrogens is 4. The molecule has 0 saturated heterocycles. The van der Waals surface area contributed by atoms with E-state index in [1.165, 1.54) is 180 Å². The first-order valence-electron chi connectivity index (χ1n) is 47.1. The van der Waals surface area contributed by atoms with Crippen LogP contribution in [-0.4, -0.2) is 19.9 Å². The van der Waals surface area contributed by atoms with Gasteiger partial charge in [0, 0.05) is 92.4 Å². The highest BCUT2D eigenvalue weighted by Gasteiger charge is 2.43. The molecule has 0 amide bonds. The molecule has 6 unspecified atom stereocenters. The van der Waals surface area contributed by atoms with Crippen molar-refractivity contribution in [1.82, 2.24) is 19.9 Å². The first kappa shape index (κ1) is 87.1. The van der Waals surface area contributed by atoms with Gasteiger partial charge in [-0.05, 0) is 122 Å². The van der Waals surface area contributed by atoms with Crippen LogP contribution < -0.4 is 47.7 Å². The van der Waals surface area contributed by atoms with Gasteiger partial charge in [0.25, 0.3) is 23.5 Å². The maximum Gasteiger partial charge on any atom is 0.319 e. The van der Waals surface area contributed by atoms with Crippen LogP contribution in [0.4, 0.5) is 0 Å². The molecule has 0 saturated carbocycles.